The van der Waals surface area contributed by atoms with E-state index < -0.39 is 10.0 Å². The molecule has 1 rings (SSSR count). The third-order valence-electron chi connectivity index (χ3n) is 3.35. The lowest BCUT2D eigenvalue weighted by Gasteiger charge is -2.28. The Labute approximate surface area is 99.2 Å². The van der Waals surface area contributed by atoms with Crippen LogP contribution in [0.4, 0.5) is 0 Å². The summed E-state index contributed by atoms with van der Waals surface area (Å²) in [6.45, 7) is 3.48. The molecule has 0 radical (unpaired) electrons. The summed E-state index contributed by atoms with van der Waals surface area (Å²) >= 11 is 0. The molecule has 0 aromatic rings. The van der Waals surface area contributed by atoms with Gasteiger partial charge in [0.2, 0.25) is 10.0 Å². The van der Waals surface area contributed by atoms with Crippen molar-refractivity contribution in [3.8, 4) is 0 Å². The Morgan fingerprint density at radius 2 is 1.75 bits per heavy atom. The van der Waals surface area contributed by atoms with Crippen LogP contribution in [-0.2, 0) is 10.0 Å². The minimum absolute atomic E-state index is 0.493. The van der Waals surface area contributed by atoms with Crippen LogP contribution in [-0.4, -0.2) is 33.8 Å². The lowest BCUT2D eigenvalue weighted by Crippen LogP contribution is -2.38. The first-order chi connectivity index (χ1) is 7.51. The van der Waals surface area contributed by atoms with Gasteiger partial charge in [-0.2, -0.15) is 0 Å². The molecule has 96 valence electrons. The van der Waals surface area contributed by atoms with E-state index in [9.17, 15) is 8.42 Å². The van der Waals surface area contributed by atoms with Crippen LogP contribution in [0.15, 0.2) is 0 Å². The second-order valence-corrected chi connectivity index (χ2v) is 6.58. The van der Waals surface area contributed by atoms with Crippen LogP contribution in [0.2, 0.25) is 0 Å². The highest BCUT2D eigenvalue weighted by Crippen LogP contribution is 2.26. The molecule has 0 amide bonds. The van der Waals surface area contributed by atoms with Crippen molar-refractivity contribution in [1.29, 1.82) is 0 Å². The molecule has 0 unspecified atom stereocenters. The quantitative estimate of drug-likeness (QED) is 0.692. The average Bonchev–Trinajstić information content (AvgIpc) is 2.24. The Morgan fingerprint density at radius 1 is 1.12 bits per heavy atom. The lowest BCUT2D eigenvalue weighted by atomic mass is 9.84. The fourth-order valence-electron chi connectivity index (χ4n) is 2.29. The van der Waals surface area contributed by atoms with E-state index in [0.717, 1.165) is 12.5 Å². The van der Waals surface area contributed by atoms with Gasteiger partial charge in [-0.05, 0) is 31.6 Å². The first kappa shape index (κ1) is 13.9. The molecular weight excluding hydrogens is 224 g/mol. The highest BCUT2D eigenvalue weighted by atomic mass is 32.2. The standard InChI is InChI=1S/C11H24N2O2S/c1-3-10-4-6-11(7-5-10)12-8-9-13-16(2,14)15/h10-13H,3-9H2,1-2H3. The maximum absolute atomic E-state index is 10.8. The van der Waals surface area contributed by atoms with Gasteiger partial charge in [0, 0.05) is 19.1 Å². The average molecular weight is 248 g/mol. The normalized spacial score (nSPS) is 26.9. The summed E-state index contributed by atoms with van der Waals surface area (Å²) in [6.07, 6.45) is 7.58. The molecule has 16 heavy (non-hydrogen) atoms. The highest BCUT2D eigenvalue weighted by molar-refractivity contribution is 7.88. The van der Waals surface area contributed by atoms with E-state index in [2.05, 4.69) is 17.0 Å². The van der Waals surface area contributed by atoms with Gasteiger partial charge in [0.1, 0.15) is 0 Å². The second kappa shape index (κ2) is 6.57. The van der Waals surface area contributed by atoms with E-state index in [1.165, 1.54) is 38.4 Å². The van der Waals surface area contributed by atoms with Crippen molar-refractivity contribution in [3.63, 3.8) is 0 Å². The van der Waals surface area contributed by atoms with Gasteiger partial charge in [-0.3, -0.25) is 0 Å². The maximum atomic E-state index is 10.8. The van der Waals surface area contributed by atoms with Gasteiger partial charge in [0.05, 0.1) is 6.26 Å². The summed E-state index contributed by atoms with van der Waals surface area (Å²) in [5, 5.41) is 3.41. The Kier molecular flexibility index (Phi) is 5.72. The first-order valence-electron chi connectivity index (χ1n) is 6.19. The van der Waals surface area contributed by atoms with Crippen LogP contribution in [0.25, 0.3) is 0 Å². The Bertz CT molecular complexity index is 282. The zero-order valence-electron chi connectivity index (χ0n) is 10.3. The van der Waals surface area contributed by atoms with Gasteiger partial charge in [0.25, 0.3) is 0 Å². The van der Waals surface area contributed by atoms with Crippen LogP contribution < -0.4 is 10.0 Å². The third-order valence-corrected chi connectivity index (χ3v) is 4.07. The molecule has 0 aromatic carbocycles. The molecule has 2 N–H and O–H groups in total. The van der Waals surface area contributed by atoms with Crippen LogP contribution >= 0.6 is 0 Å². The molecule has 1 fully saturated rings. The van der Waals surface area contributed by atoms with Crippen molar-refractivity contribution in [3.05, 3.63) is 0 Å². The second-order valence-electron chi connectivity index (χ2n) is 4.75. The summed E-state index contributed by atoms with van der Waals surface area (Å²) in [4.78, 5) is 0. The van der Waals surface area contributed by atoms with Crippen molar-refractivity contribution >= 4 is 10.0 Å². The summed E-state index contributed by atoms with van der Waals surface area (Å²) in [7, 11) is -3.03. The largest absolute Gasteiger partial charge is 0.313 e. The zero-order valence-corrected chi connectivity index (χ0v) is 11.1. The molecule has 0 bridgehead atoms. The SMILES string of the molecule is CCC1CCC(NCCNS(C)(=O)=O)CC1. The molecule has 0 atom stereocenters. The van der Waals surface area contributed by atoms with Crippen molar-refractivity contribution in [2.75, 3.05) is 19.3 Å². The fraction of sp³-hybridized carbons (Fsp3) is 1.00. The summed E-state index contributed by atoms with van der Waals surface area (Å²) < 4.78 is 24.1. The van der Waals surface area contributed by atoms with E-state index in [1.54, 1.807) is 0 Å². The molecule has 0 spiro atoms. The smallest absolute Gasteiger partial charge is 0.208 e. The van der Waals surface area contributed by atoms with Gasteiger partial charge in [0.15, 0.2) is 0 Å². The van der Waals surface area contributed by atoms with Gasteiger partial charge in [-0.25, -0.2) is 13.1 Å². The predicted octanol–water partition coefficient (Wildman–Crippen LogP) is 1.09. The van der Waals surface area contributed by atoms with Crippen molar-refractivity contribution in [2.45, 2.75) is 45.1 Å². The van der Waals surface area contributed by atoms with Crippen molar-refractivity contribution < 1.29 is 8.42 Å². The minimum Gasteiger partial charge on any atom is -0.313 e. The molecule has 1 saturated carbocycles. The summed E-state index contributed by atoms with van der Waals surface area (Å²) in [5.41, 5.74) is 0. The van der Waals surface area contributed by atoms with Crippen LogP contribution in [0.1, 0.15) is 39.0 Å². The number of rotatable bonds is 6. The van der Waals surface area contributed by atoms with Crippen molar-refractivity contribution in [2.24, 2.45) is 5.92 Å². The van der Waals surface area contributed by atoms with E-state index in [1.807, 2.05) is 0 Å². The minimum atomic E-state index is -3.03. The Morgan fingerprint density at radius 3 is 2.25 bits per heavy atom. The summed E-state index contributed by atoms with van der Waals surface area (Å²) in [5.74, 6) is 0.909. The Hall–Kier alpha value is -0.130. The van der Waals surface area contributed by atoms with Crippen LogP contribution in [0, 0.1) is 5.92 Å². The number of hydrogen-bond acceptors (Lipinski definition) is 3. The highest BCUT2D eigenvalue weighted by Gasteiger charge is 2.18. The topological polar surface area (TPSA) is 58.2 Å². The molecule has 0 aliphatic heterocycles. The predicted molar refractivity (Wildman–Crippen MR) is 66.9 cm³/mol. The van der Waals surface area contributed by atoms with Gasteiger partial charge >= 0.3 is 0 Å². The fourth-order valence-corrected chi connectivity index (χ4v) is 2.76. The van der Waals surface area contributed by atoms with E-state index in [4.69, 9.17) is 0 Å². The lowest BCUT2D eigenvalue weighted by molar-refractivity contribution is 0.287. The zero-order chi connectivity index (χ0) is 12.0. The molecule has 0 aromatic heterocycles. The number of hydrogen-bond donors (Lipinski definition) is 2. The molecular formula is C11H24N2O2S. The van der Waals surface area contributed by atoms with E-state index in [-0.39, 0.29) is 0 Å². The van der Waals surface area contributed by atoms with E-state index >= 15 is 0 Å². The number of nitrogens with one attached hydrogen (secondary N) is 2. The monoisotopic (exact) mass is 248 g/mol. The van der Waals surface area contributed by atoms with Crippen LogP contribution in [0.5, 0.6) is 0 Å². The van der Waals surface area contributed by atoms with Crippen molar-refractivity contribution in [1.82, 2.24) is 10.0 Å². The number of sulfonamides is 1. The third kappa shape index (κ3) is 5.82. The molecule has 1 aliphatic rings. The van der Waals surface area contributed by atoms with Gasteiger partial charge in [-0.1, -0.05) is 13.3 Å². The van der Waals surface area contributed by atoms with Gasteiger partial charge < -0.3 is 5.32 Å². The molecule has 4 nitrogen and oxygen atoms in total. The molecule has 1 aliphatic carbocycles. The molecule has 5 heteroatoms. The molecule has 0 saturated heterocycles. The maximum Gasteiger partial charge on any atom is 0.208 e. The van der Waals surface area contributed by atoms with E-state index in [0.29, 0.717) is 12.6 Å². The Balaban J connectivity index is 2.07. The first-order valence-corrected chi connectivity index (χ1v) is 8.08. The summed E-state index contributed by atoms with van der Waals surface area (Å²) in [6, 6.07) is 0.587. The van der Waals surface area contributed by atoms with Gasteiger partial charge in [-0.15, -0.1) is 0 Å². The van der Waals surface area contributed by atoms with Crippen LogP contribution in [0.3, 0.4) is 0 Å². The molecule has 0 heterocycles.